The zero-order valence-electron chi connectivity index (χ0n) is 17.5. The van der Waals surface area contributed by atoms with Gasteiger partial charge in [0.05, 0.1) is 16.8 Å². The summed E-state index contributed by atoms with van der Waals surface area (Å²) in [4.78, 5) is 28.5. The van der Waals surface area contributed by atoms with E-state index in [0.717, 1.165) is 22.3 Å². The Morgan fingerprint density at radius 3 is 2.52 bits per heavy atom. The molecule has 1 N–H and O–H groups in total. The Bertz CT molecular complexity index is 1420. The van der Waals surface area contributed by atoms with Gasteiger partial charge < -0.3 is 9.72 Å². The number of halogens is 1. The van der Waals surface area contributed by atoms with E-state index in [1.165, 1.54) is 18.5 Å². The topological polar surface area (TPSA) is 80.8 Å². The number of pyridine rings is 1. The Kier molecular flexibility index (Phi) is 5.59. The van der Waals surface area contributed by atoms with E-state index < -0.39 is 0 Å². The van der Waals surface area contributed by atoms with Gasteiger partial charge in [0, 0.05) is 19.0 Å². The maximum Gasteiger partial charge on any atom is 0.231 e. The molecule has 0 radical (unpaired) electrons. The summed E-state index contributed by atoms with van der Waals surface area (Å²) in [6, 6.07) is 21.0. The van der Waals surface area contributed by atoms with E-state index in [1.807, 2.05) is 36.4 Å². The minimum atomic E-state index is -0.338. The van der Waals surface area contributed by atoms with Crippen molar-refractivity contribution in [2.45, 2.75) is 12.8 Å². The number of hydrogen-bond acceptors (Lipinski definition) is 5. The summed E-state index contributed by atoms with van der Waals surface area (Å²) in [6.07, 6.45) is 3.63. The van der Waals surface area contributed by atoms with E-state index in [2.05, 4.69) is 19.9 Å². The normalized spacial score (nSPS) is 10.9. The third-order valence-corrected chi connectivity index (χ3v) is 5.16. The lowest BCUT2D eigenvalue weighted by atomic mass is 10.0. The number of ether oxygens (including phenoxy) is 1. The second-order valence-electron chi connectivity index (χ2n) is 7.61. The van der Waals surface area contributed by atoms with Crippen LogP contribution in [0.5, 0.6) is 11.6 Å². The lowest BCUT2D eigenvalue weighted by molar-refractivity contribution is -0.117. The van der Waals surface area contributed by atoms with Crippen LogP contribution in [0.1, 0.15) is 11.1 Å². The van der Waals surface area contributed by atoms with Crippen molar-refractivity contribution in [3.63, 3.8) is 0 Å². The highest BCUT2D eigenvalue weighted by molar-refractivity contribution is 5.86. The molecule has 33 heavy (non-hydrogen) atoms. The molecule has 0 aliphatic heterocycles. The smallest absolute Gasteiger partial charge is 0.231 e. The quantitative estimate of drug-likeness (QED) is 0.373. The average molecular weight is 438 g/mol. The summed E-state index contributed by atoms with van der Waals surface area (Å²) in [5.41, 5.74) is 3.80. The van der Waals surface area contributed by atoms with Crippen LogP contribution in [0.25, 0.3) is 22.4 Å². The van der Waals surface area contributed by atoms with Crippen LogP contribution in [-0.2, 0) is 17.6 Å². The number of nitrogens with one attached hydrogen (secondary N) is 1. The van der Waals surface area contributed by atoms with Crippen molar-refractivity contribution >= 4 is 16.8 Å². The number of aromatic amines is 1. The maximum absolute atomic E-state index is 13.3. The minimum Gasteiger partial charge on any atom is -0.438 e. The molecular weight excluding hydrogens is 419 g/mol. The zero-order valence-corrected chi connectivity index (χ0v) is 17.5. The lowest BCUT2D eigenvalue weighted by Crippen LogP contribution is -2.06. The predicted octanol–water partition coefficient (Wildman–Crippen LogP) is 5.31. The fraction of sp³-hybridized carbons (Fsp3) is 0.0769. The molecule has 0 fully saturated rings. The first kappa shape index (κ1) is 20.5. The monoisotopic (exact) mass is 438 g/mol. The van der Waals surface area contributed by atoms with Crippen molar-refractivity contribution in [1.82, 2.24) is 19.9 Å². The van der Waals surface area contributed by atoms with Crippen LogP contribution in [0.3, 0.4) is 0 Å². The molecule has 3 aromatic heterocycles. The van der Waals surface area contributed by atoms with Crippen LogP contribution in [0.15, 0.2) is 85.3 Å². The fourth-order valence-corrected chi connectivity index (χ4v) is 3.61. The van der Waals surface area contributed by atoms with Gasteiger partial charge in [-0.3, -0.25) is 9.78 Å². The van der Waals surface area contributed by atoms with E-state index >= 15 is 0 Å². The van der Waals surface area contributed by atoms with Crippen molar-refractivity contribution in [3.05, 3.63) is 102 Å². The number of Topliss-reactive ketones (excluding diaryl/α,β-unsaturated/α-hetero) is 1. The number of hydrogen-bond donors (Lipinski definition) is 1. The van der Waals surface area contributed by atoms with Crippen LogP contribution in [0.2, 0.25) is 0 Å². The zero-order chi connectivity index (χ0) is 22.6. The minimum absolute atomic E-state index is 0.0150. The highest BCUT2D eigenvalue weighted by Gasteiger charge is 2.12. The summed E-state index contributed by atoms with van der Waals surface area (Å²) in [7, 11) is 0. The first-order valence-corrected chi connectivity index (χ1v) is 10.4. The molecule has 0 atom stereocenters. The Morgan fingerprint density at radius 2 is 1.73 bits per heavy atom. The third kappa shape index (κ3) is 4.77. The first-order valence-electron chi connectivity index (χ1n) is 10.4. The number of ketones is 1. The molecule has 0 aliphatic rings. The molecule has 0 unspecified atom stereocenters. The molecule has 0 aliphatic carbocycles. The van der Waals surface area contributed by atoms with E-state index in [4.69, 9.17) is 4.74 Å². The molecular formula is C26H19FN4O2. The van der Waals surface area contributed by atoms with Crippen molar-refractivity contribution in [3.8, 4) is 23.0 Å². The average Bonchev–Trinajstić information content (AvgIpc) is 3.26. The van der Waals surface area contributed by atoms with Gasteiger partial charge in [-0.25, -0.2) is 14.4 Å². The van der Waals surface area contributed by atoms with Crippen LogP contribution in [0.4, 0.5) is 4.39 Å². The molecule has 3 heterocycles. The molecule has 0 saturated carbocycles. The fourth-order valence-electron chi connectivity index (χ4n) is 3.61. The summed E-state index contributed by atoms with van der Waals surface area (Å²) < 4.78 is 19.3. The van der Waals surface area contributed by atoms with Crippen molar-refractivity contribution in [2.24, 2.45) is 0 Å². The van der Waals surface area contributed by atoms with Gasteiger partial charge in [0.2, 0.25) is 5.88 Å². The Morgan fingerprint density at radius 1 is 0.879 bits per heavy atom. The van der Waals surface area contributed by atoms with Gasteiger partial charge in [0.1, 0.15) is 29.3 Å². The van der Waals surface area contributed by atoms with Crippen molar-refractivity contribution in [1.29, 1.82) is 0 Å². The number of nitrogens with zero attached hydrogens (tertiary/aromatic N) is 3. The maximum atomic E-state index is 13.3. The molecule has 6 nitrogen and oxygen atoms in total. The second kappa shape index (κ2) is 9.00. The van der Waals surface area contributed by atoms with Crippen molar-refractivity contribution in [2.75, 3.05) is 0 Å². The van der Waals surface area contributed by atoms with Crippen LogP contribution >= 0.6 is 0 Å². The Labute approximate surface area is 189 Å². The standard InChI is InChI=1S/C26H19FN4O2/c27-19-5-3-4-18(12-19)14-20(32)13-17-7-9-21(10-8-17)33-26-22-15-24(23-6-1-2-11-28-23)31-25(22)29-16-30-26/h1-12,15-16H,13-14H2,(H,29,30,31). The van der Waals surface area contributed by atoms with Crippen LogP contribution < -0.4 is 4.74 Å². The van der Waals surface area contributed by atoms with E-state index in [-0.39, 0.29) is 24.4 Å². The molecule has 0 bridgehead atoms. The molecule has 5 rings (SSSR count). The van der Waals surface area contributed by atoms with Gasteiger partial charge in [-0.15, -0.1) is 0 Å². The summed E-state index contributed by atoms with van der Waals surface area (Å²) in [6.45, 7) is 0. The molecule has 162 valence electrons. The molecule has 2 aromatic carbocycles. The second-order valence-corrected chi connectivity index (χ2v) is 7.61. The Hall–Kier alpha value is -4.39. The van der Waals surface area contributed by atoms with E-state index in [9.17, 15) is 9.18 Å². The van der Waals surface area contributed by atoms with Crippen LogP contribution in [-0.4, -0.2) is 25.7 Å². The first-order chi connectivity index (χ1) is 16.1. The number of carbonyl (C=O) groups is 1. The van der Waals surface area contributed by atoms with Gasteiger partial charge in [-0.05, 0) is 53.6 Å². The SMILES string of the molecule is O=C(Cc1ccc(Oc2ncnc3[nH]c(-c4ccccn4)cc23)cc1)Cc1cccc(F)c1. The number of aromatic nitrogens is 4. The summed E-state index contributed by atoms with van der Waals surface area (Å²) in [5, 5.41) is 0.743. The Balaban J connectivity index is 1.29. The van der Waals surface area contributed by atoms with Gasteiger partial charge >= 0.3 is 0 Å². The number of carbonyl (C=O) groups excluding carboxylic acids is 1. The molecule has 7 heteroatoms. The van der Waals surface area contributed by atoms with Gasteiger partial charge in [-0.2, -0.15) is 0 Å². The van der Waals surface area contributed by atoms with Gasteiger partial charge in [0.25, 0.3) is 0 Å². The highest BCUT2D eigenvalue weighted by atomic mass is 19.1. The lowest BCUT2D eigenvalue weighted by Gasteiger charge is -2.07. The number of fused-ring (bicyclic) bond motifs is 1. The molecule has 5 aromatic rings. The predicted molar refractivity (Wildman–Crippen MR) is 122 cm³/mol. The molecule has 0 amide bonds. The molecule has 0 spiro atoms. The van der Waals surface area contributed by atoms with E-state index in [1.54, 1.807) is 30.5 Å². The van der Waals surface area contributed by atoms with Gasteiger partial charge in [0.15, 0.2) is 0 Å². The van der Waals surface area contributed by atoms with Gasteiger partial charge in [-0.1, -0.05) is 30.3 Å². The van der Waals surface area contributed by atoms with E-state index in [0.29, 0.717) is 22.8 Å². The number of benzene rings is 2. The summed E-state index contributed by atoms with van der Waals surface area (Å²) >= 11 is 0. The van der Waals surface area contributed by atoms with Crippen LogP contribution in [0, 0.1) is 5.82 Å². The third-order valence-electron chi connectivity index (χ3n) is 5.16. The summed E-state index contributed by atoms with van der Waals surface area (Å²) in [5.74, 6) is 0.696. The number of rotatable bonds is 7. The number of H-pyrrole nitrogens is 1. The highest BCUT2D eigenvalue weighted by Crippen LogP contribution is 2.30. The largest absolute Gasteiger partial charge is 0.438 e. The van der Waals surface area contributed by atoms with Crippen molar-refractivity contribution < 1.29 is 13.9 Å². The molecule has 0 saturated heterocycles.